The van der Waals surface area contributed by atoms with E-state index in [1.807, 2.05) is 0 Å². The Morgan fingerprint density at radius 3 is 2.63 bits per heavy atom. The third kappa shape index (κ3) is 6.62. The second kappa shape index (κ2) is 11.5. The third-order valence-corrected chi connectivity index (χ3v) is 8.28. The number of aliphatic hydroxyl groups excluding tert-OH is 1. The van der Waals surface area contributed by atoms with Crippen LogP contribution in [0.25, 0.3) is 0 Å². The molecule has 1 saturated heterocycles. The number of benzene rings is 1. The minimum atomic E-state index is -4.22. The number of ether oxygens (including phenoxy) is 1. The van der Waals surface area contributed by atoms with E-state index >= 15 is 0 Å². The molecule has 0 saturated carbocycles. The van der Waals surface area contributed by atoms with Crippen molar-refractivity contribution in [2.45, 2.75) is 42.8 Å². The third-order valence-electron chi connectivity index (χ3n) is 5.22. The van der Waals surface area contributed by atoms with Crippen LogP contribution in [0.4, 0.5) is 10.2 Å². The molecule has 192 valence electrons. The summed E-state index contributed by atoms with van der Waals surface area (Å²) in [5.74, 6) is -0.818. The molecular formula is C21H28FN4O7PS. The number of halogens is 1. The van der Waals surface area contributed by atoms with Crippen molar-refractivity contribution in [2.75, 3.05) is 19.5 Å². The Balaban J connectivity index is 1.80. The number of nitrogens with zero attached hydrogens (tertiary/aromatic N) is 2. The fourth-order valence-electron chi connectivity index (χ4n) is 3.34. The van der Waals surface area contributed by atoms with Crippen molar-refractivity contribution in [3.63, 3.8) is 0 Å². The SMILES string of the molecule is COC(=O)[C@@H](NP(=O)(OC[C@H]1S[C@@H](n2ccc(N)nc2=O)[C@@H](F)[C@@H]1O)Oc1ccccc1)C(C)C. The van der Waals surface area contributed by atoms with Crippen LogP contribution in [0.2, 0.25) is 0 Å². The number of rotatable bonds is 10. The highest BCUT2D eigenvalue weighted by atomic mass is 32.2. The molecule has 0 spiro atoms. The van der Waals surface area contributed by atoms with Crippen LogP contribution < -0.4 is 21.0 Å². The minimum Gasteiger partial charge on any atom is -0.468 e. The van der Waals surface area contributed by atoms with Crippen molar-refractivity contribution in [2.24, 2.45) is 5.92 Å². The van der Waals surface area contributed by atoms with Crippen LogP contribution in [0, 0.1) is 5.92 Å². The lowest BCUT2D eigenvalue weighted by atomic mass is 10.1. The van der Waals surface area contributed by atoms with Gasteiger partial charge in [0, 0.05) is 6.20 Å². The maximum atomic E-state index is 14.9. The van der Waals surface area contributed by atoms with Crippen LogP contribution in [0.3, 0.4) is 0 Å². The highest BCUT2D eigenvalue weighted by Gasteiger charge is 2.47. The number of aromatic nitrogens is 2. The van der Waals surface area contributed by atoms with Gasteiger partial charge in [0.1, 0.15) is 29.1 Å². The average Bonchev–Trinajstić information content (AvgIpc) is 3.10. The summed E-state index contributed by atoms with van der Waals surface area (Å²) < 4.78 is 45.6. The van der Waals surface area contributed by atoms with Crippen LogP contribution in [0.5, 0.6) is 5.75 Å². The Morgan fingerprint density at radius 2 is 2.03 bits per heavy atom. The number of carbonyl (C=O) groups is 1. The van der Waals surface area contributed by atoms with Gasteiger partial charge in [0.05, 0.1) is 19.0 Å². The number of anilines is 1. The number of methoxy groups -OCH3 is 1. The van der Waals surface area contributed by atoms with Crippen LogP contribution >= 0.6 is 19.5 Å². The molecule has 1 aliphatic heterocycles. The van der Waals surface area contributed by atoms with Gasteiger partial charge in [-0.05, 0) is 24.1 Å². The summed E-state index contributed by atoms with van der Waals surface area (Å²) in [5.41, 5.74) is 4.72. The van der Waals surface area contributed by atoms with Gasteiger partial charge in [-0.15, -0.1) is 11.8 Å². The highest BCUT2D eigenvalue weighted by molar-refractivity contribution is 8.00. The van der Waals surface area contributed by atoms with Crippen molar-refractivity contribution in [3.8, 4) is 5.75 Å². The van der Waals surface area contributed by atoms with E-state index in [-0.39, 0.29) is 17.5 Å². The monoisotopic (exact) mass is 530 g/mol. The average molecular weight is 531 g/mol. The number of nitrogens with one attached hydrogen (secondary N) is 1. The molecule has 0 aliphatic carbocycles. The van der Waals surface area contributed by atoms with E-state index in [1.165, 1.54) is 19.4 Å². The Morgan fingerprint density at radius 1 is 1.34 bits per heavy atom. The molecule has 1 aromatic heterocycles. The smallest absolute Gasteiger partial charge is 0.459 e. The first-order chi connectivity index (χ1) is 16.5. The van der Waals surface area contributed by atoms with Crippen LogP contribution in [0.1, 0.15) is 19.2 Å². The predicted octanol–water partition coefficient (Wildman–Crippen LogP) is 2.13. The number of esters is 1. The quantitative estimate of drug-likeness (QED) is 0.306. The van der Waals surface area contributed by atoms with Gasteiger partial charge < -0.3 is 20.1 Å². The molecule has 2 aromatic rings. The highest BCUT2D eigenvalue weighted by Crippen LogP contribution is 2.49. The Hall–Kier alpha value is -2.44. The lowest BCUT2D eigenvalue weighted by Crippen LogP contribution is -2.41. The first-order valence-corrected chi connectivity index (χ1v) is 13.2. The predicted molar refractivity (Wildman–Crippen MR) is 129 cm³/mol. The van der Waals surface area contributed by atoms with Crippen LogP contribution in [-0.4, -0.2) is 57.9 Å². The molecular weight excluding hydrogens is 502 g/mol. The van der Waals surface area contributed by atoms with E-state index in [0.29, 0.717) is 0 Å². The van der Waals surface area contributed by atoms with Gasteiger partial charge in [-0.2, -0.15) is 10.1 Å². The van der Waals surface area contributed by atoms with Crippen molar-refractivity contribution >= 4 is 31.3 Å². The molecule has 1 fully saturated rings. The molecule has 2 heterocycles. The van der Waals surface area contributed by atoms with Crippen LogP contribution in [-0.2, 0) is 18.6 Å². The lowest BCUT2D eigenvalue weighted by Gasteiger charge is -2.27. The number of hydrogen-bond acceptors (Lipinski definition) is 10. The molecule has 14 heteroatoms. The number of nitrogens with two attached hydrogens (primary N) is 1. The molecule has 0 radical (unpaired) electrons. The molecule has 3 rings (SSSR count). The standard InChI is InChI=1S/C21H28FN4O7PS/c1-12(2)17(20(28)31-3)25-34(30,33-13-7-5-4-6-8-13)32-11-14-18(27)16(22)19(35-14)26-10-9-15(23)24-21(26)29/h4-10,12,14,16-19,27H,11H2,1-3H3,(H,25,30)(H2,23,24,29)/t14-,16+,17+,18-,19-,34?/m1/s1. The van der Waals surface area contributed by atoms with Gasteiger partial charge in [-0.1, -0.05) is 32.0 Å². The minimum absolute atomic E-state index is 0.0135. The molecule has 0 bridgehead atoms. The summed E-state index contributed by atoms with van der Waals surface area (Å²) in [5, 5.41) is 11.1. The summed E-state index contributed by atoms with van der Waals surface area (Å²) in [6, 6.07) is 8.46. The second-order valence-corrected chi connectivity index (χ2v) is 11.2. The second-order valence-electron chi connectivity index (χ2n) is 8.11. The number of hydrogen-bond donors (Lipinski definition) is 3. The fraction of sp³-hybridized carbons (Fsp3) is 0.476. The maximum Gasteiger partial charge on any atom is 0.459 e. The van der Waals surface area contributed by atoms with Crippen molar-refractivity contribution in [1.82, 2.24) is 14.6 Å². The summed E-state index contributed by atoms with van der Waals surface area (Å²) in [4.78, 5) is 28.0. The van der Waals surface area contributed by atoms with Gasteiger partial charge in [0.15, 0.2) is 6.17 Å². The summed E-state index contributed by atoms with van der Waals surface area (Å²) in [6.07, 6.45) is -2.09. The number of para-hydroxylation sites is 1. The van der Waals surface area contributed by atoms with Crippen molar-refractivity contribution in [3.05, 3.63) is 53.1 Å². The molecule has 0 amide bonds. The Kier molecular flexibility index (Phi) is 8.94. The van der Waals surface area contributed by atoms with E-state index < -0.39 is 55.0 Å². The largest absolute Gasteiger partial charge is 0.468 e. The molecule has 1 unspecified atom stereocenters. The first-order valence-electron chi connectivity index (χ1n) is 10.7. The van der Waals surface area contributed by atoms with Gasteiger partial charge in [-0.3, -0.25) is 13.9 Å². The molecule has 1 aliphatic rings. The topological polar surface area (TPSA) is 155 Å². The van der Waals surface area contributed by atoms with E-state index in [4.69, 9.17) is 19.5 Å². The Labute approximate surface area is 205 Å². The summed E-state index contributed by atoms with van der Waals surface area (Å²) in [6.45, 7) is 3.02. The Bertz CT molecular complexity index is 1120. The van der Waals surface area contributed by atoms with E-state index in [1.54, 1.807) is 44.2 Å². The molecule has 4 N–H and O–H groups in total. The first kappa shape index (κ1) is 27.2. The number of carbonyl (C=O) groups excluding carboxylic acids is 1. The lowest BCUT2D eigenvalue weighted by molar-refractivity contribution is -0.143. The molecule has 11 nitrogen and oxygen atoms in total. The van der Waals surface area contributed by atoms with Gasteiger partial charge in [0.2, 0.25) is 0 Å². The number of alkyl halides is 1. The van der Waals surface area contributed by atoms with E-state index in [0.717, 1.165) is 16.3 Å². The fourth-order valence-corrected chi connectivity index (χ4v) is 6.54. The number of thioether (sulfide) groups is 1. The van der Waals surface area contributed by atoms with E-state index in [2.05, 4.69) is 10.1 Å². The summed E-state index contributed by atoms with van der Waals surface area (Å²) >= 11 is 0.919. The molecule has 1 aromatic carbocycles. The van der Waals surface area contributed by atoms with Crippen LogP contribution in [0.15, 0.2) is 47.4 Å². The van der Waals surface area contributed by atoms with Crippen molar-refractivity contribution in [1.29, 1.82) is 0 Å². The zero-order valence-corrected chi connectivity index (χ0v) is 21.0. The van der Waals surface area contributed by atoms with E-state index in [9.17, 15) is 23.7 Å². The zero-order chi connectivity index (χ0) is 25.8. The normalized spacial score (nSPS) is 24.6. The number of aliphatic hydroxyl groups is 1. The van der Waals surface area contributed by atoms with Crippen molar-refractivity contribution < 1.29 is 32.6 Å². The van der Waals surface area contributed by atoms with Gasteiger partial charge >= 0.3 is 19.4 Å². The number of nitrogen functional groups attached to an aromatic ring is 1. The summed E-state index contributed by atoms with van der Waals surface area (Å²) in [7, 11) is -3.02. The molecule has 35 heavy (non-hydrogen) atoms. The zero-order valence-electron chi connectivity index (χ0n) is 19.3. The van der Waals surface area contributed by atoms with Gasteiger partial charge in [-0.25, -0.2) is 13.8 Å². The molecule has 6 atom stereocenters. The maximum absolute atomic E-state index is 14.9. The van der Waals surface area contributed by atoms with Gasteiger partial charge in [0.25, 0.3) is 0 Å².